The summed E-state index contributed by atoms with van der Waals surface area (Å²) in [5.74, 6) is -0.237. The number of rotatable bonds is 5. The summed E-state index contributed by atoms with van der Waals surface area (Å²) in [5, 5.41) is 3.51. The minimum Gasteiger partial charge on any atom is -0.463 e. The highest BCUT2D eigenvalue weighted by atomic mass is 79.9. The van der Waals surface area contributed by atoms with E-state index in [0.29, 0.717) is 24.3 Å². The fourth-order valence-corrected chi connectivity index (χ4v) is 6.80. The van der Waals surface area contributed by atoms with Gasteiger partial charge in [0.05, 0.1) is 23.4 Å². The molecule has 0 amide bonds. The zero-order valence-electron chi connectivity index (χ0n) is 19.5. The molecule has 1 saturated heterocycles. The van der Waals surface area contributed by atoms with Crippen molar-refractivity contribution in [1.29, 1.82) is 0 Å². The van der Waals surface area contributed by atoms with Gasteiger partial charge in [0.2, 0.25) is 10.0 Å². The number of benzene rings is 2. The van der Waals surface area contributed by atoms with Crippen LogP contribution >= 0.6 is 15.9 Å². The number of nitrogens with zero attached hydrogens (tertiary/aromatic N) is 1. The number of sulfonamides is 1. The minimum absolute atomic E-state index is 0.00513. The van der Waals surface area contributed by atoms with E-state index in [1.165, 1.54) is 0 Å². The summed E-state index contributed by atoms with van der Waals surface area (Å²) < 4.78 is 35.4. The Balaban J connectivity index is 1.64. The molecule has 0 bridgehead atoms. The molecule has 33 heavy (non-hydrogen) atoms. The van der Waals surface area contributed by atoms with Crippen LogP contribution in [-0.2, 0) is 19.6 Å². The molecule has 6 nitrogen and oxygen atoms in total. The predicted octanol–water partition coefficient (Wildman–Crippen LogP) is 5.28. The zero-order valence-corrected chi connectivity index (χ0v) is 21.9. The Morgan fingerprint density at radius 2 is 1.88 bits per heavy atom. The summed E-state index contributed by atoms with van der Waals surface area (Å²) in [6.07, 6.45) is 1.03. The molecule has 8 heteroatoms. The SMILES string of the molecule is Cc1ccc(S(=O)(=O)N2CC[C@@H]3C(COC(=O)CC(C)(C)C)Nc4ccc(Br)cc4[C@@H]32)cc1. The third-order valence-corrected chi connectivity index (χ3v) is 8.70. The van der Waals surface area contributed by atoms with Crippen LogP contribution in [0, 0.1) is 18.3 Å². The van der Waals surface area contributed by atoms with Gasteiger partial charge in [-0.1, -0.05) is 54.4 Å². The maximum Gasteiger partial charge on any atom is 0.306 e. The van der Waals surface area contributed by atoms with Gasteiger partial charge in [0, 0.05) is 22.6 Å². The van der Waals surface area contributed by atoms with E-state index in [-0.39, 0.29) is 36.0 Å². The number of aryl methyl sites for hydroxylation is 1. The van der Waals surface area contributed by atoms with Crippen LogP contribution in [0.1, 0.15) is 50.8 Å². The third-order valence-electron chi connectivity index (χ3n) is 6.31. The van der Waals surface area contributed by atoms with Crippen molar-refractivity contribution in [1.82, 2.24) is 4.31 Å². The number of nitrogens with one attached hydrogen (secondary N) is 1. The van der Waals surface area contributed by atoms with Gasteiger partial charge in [0.25, 0.3) is 0 Å². The molecule has 2 aromatic carbocycles. The molecule has 2 heterocycles. The van der Waals surface area contributed by atoms with Crippen molar-refractivity contribution in [2.75, 3.05) is 18.5 Å². The Bertz CT molecular complexity index is 1140. The van der Waals surface area contributed by atoms with E-state index < -0.39 is 10.0 Å². The van der Waals surface area contributed by atoms with Crippen molar-refractivity contribution in [3.8, 4) is 0 Å². The highest BCUT2D eigenvalue weighted by Crippen LogP contribution is 2.49. The Labute approximate surface area is 204 Å². The molecule has 2 aromatic rings. The van der Waals surface area contributed by atoms with Crippen molar-refractivity contribution >= 4 is 37.6 Å². The maximum absolute atomic E-state index is 13.6. The molecule has 2 aliphatic rings. The van der Waals surface area contributed by atoms with Gasteiger partial charge in [-0.05, 0) is 54.7 Å². The van der Waals surface area contributed by atoms with Gasteiger partial charge >= 0.3 is 5.97 Å². The molecular formula is C25H31BrN2O4S. The van der Waals surface area contributed by atoms with Crippen LogP contribution in [0.15, 0.2) is 51.8 Å². The summed E-state index contributed by atoms with van der Waals surface area (Å²) in [6.45, 7) is 8.58. The number of carbonyl (C=O) groups excluding carboxylic acids is 1. The van der Waals surface area contributed by atoms with Gasteiger partial charge in [0.1, 0.15) is 6.61 Å². The van der Waals surface area contributed by atoms with Gasteiger partial charge in [-0.3, -0.25) is 4.79 Å². The molecule has 0 radical (unpaired) electrons. The summed E-state index contributed by atoms with van der Waals surface area (Å²) in [6, 6.07) is 12.4. The first-order chi connectivity index (χ1) is 15.5. The molecule has 4 rings (SSSR count). The number of anilines is 1. The fourth-order valence-electron chi connectivity index (χ4n) is 4.76. The summed E-state index contributed by atoms with van der Waals surface area (Å²) >= 11 is 3.54. The minimum atomic E-state index is -3.68. The van der Waals surface area contributed by atoms with Crippen molar-refractivity contribution < 1.29 is 17.9 Å². The van der Waals surface area contributed by atoms with Crippen molar-refractivity contribution in [2.45, 2.75) is 57.5 Å². The number of fused-ring (bicyclic) bond motifs is 3. The number of ether oxygens (including phenoxy) is 1. The second-order valence-electron chi connectivity index (χ2n) is 10.2. The van der Waals surface area contributed by atoms with Gasteiger partial charge in [-0.15, -0.1) is 0 Å². The third kappa shape index (κ3) is 5.12. The first kappa shape index (κ1) is 24.2. The number of halogens is 1. The standard InChI is InChI=1S/C25H31BrN2O4S/c1-16-5-8-18(9-6-16)33(30,31)28-12-11-19-22(15-32-23(29)14-25(2,3)4)27-21-10-7-17(26)13-20(21)24(19)28/h5-10,13,19,22,24,27H,11-12,14-15H2,1-4H3/t19-,22?,24-/m1/s1. The lowest BCUT2D eigenvalue weighted by atomic mass is 9.83. The van der Waals surface area contributed by atoms with Crippen LogP contribution in [-0.4, -0.2) is 37.9 Å². The van der Waals surface area contributed by atoms with E-state index in [1.54, 1.807) is 16.4 Å². The highest BCUT2D eigenvalue weighted by Gasteiger charge is 2.49. The van der Waals surface area contributed by atoms with Crippen molar-refractivity contribution in [3.63, 3.8) is 0 Å². The molecule has 0 saturated carbocycles. The second kappa shape index (κ2) is 9.04. The van der Waals surface area contributed by atoms with Crippen LogP contribution in [0.4, 0.5) is 5.69 Å². The summed E-state index contributed by atoms with van der Waals surface area (Å²) in [4.78, 5) is 12.7. The molecule has 1 unspecified atom stereocenters. The Kier molecular flexibility index (Phi) is 6.64. The van der Waals surface area contributed by atoms with E-state index in [2.05, 4.69) is 21.2 Å². The van der Waals surface area contributed by atoms with Crippen LogP contribution in [0.3, 0.4) is 0 Å². The number of esters is 1. The smallest absolute Gasteiger partial charge is 0.306 e. The lowest BCUT2D eigenvalue weighted by Crippen LogP contribution is -2.43. The lowest BCUT2D eigenvalue weighted by molar-refractivity contribution is -0.146. The molecule has 0 aliphatic carbocycles. The van der Waals surface area contributed by atoms with Crippen molar-refractivity contribution in [2.24, 2.45) is 11.3 Å². The molecule has 0 aromatic heterocycles. The molecular weight excluding hydrogens is 504 g/mol. The summed E-state index contributed by atoms with van der Waals surface area (Å²) in [7, 11) is -3.68. The lowest BCUT2D eigenvalue weighted by Gasteiger charge is -2.39. The Morgan fingerprint density at radius 1 is 1.18 bits per heavy atom. The number of hydrogen-bond donors (Lipinski definition) is 1. The largest absolute Gasteiger partial charge is 0.463 e. The second-order valence-corrected chi connectivity index (χ2v) is 13.0. The topological polar surface area (TPSA) is 75.7 Å². The fraction of sp³-hybridized carbons (Fsp3) is 0.480. The predicted molar refractivity (Wildman–Crippen MR) is 133 cm³/mol. The average Bonchev–Trinajstić information content (AvgIpc) is 3.18. The molecule has 0 spiro atoms. The molecule has 3 atom stereocenters. The summed E-state index contributed by atoms with van der Waals surface area (Å²) in [5.41, 5.74) is 2.69. The van der Waals surface area contributed by atoms with Gasteiger partial charge < -0.3 is 10.1 Å². The Hall–Kier alpha value is -1.90. The van der Waals surface area contributed by atoms with E-state index in [4.69, 9.17) is 4.74 Å². The normalized spacial score (nSPS) is 22.9. The monoisotopic (exact) mass is 534 g/mol. The van der Waals surface area contributed by atoms with Crippen LogP contribution in [0.2, 0.25) is 0 Å². The van der Waals surface area contributed by atoms with E-state index in [0.717, 1.165) is 21.3 Å². The molecule has 1 fully saturated rings. The first-order valence-corrected chi connectivity index (χ1v) is 13.5. The van der Waals surface area contributed by atoms with Crippen LogP contribution in [0.5, 0.6) is 0 Å². The zero-order chi connectivity index (χ0) is 24.0. The Morgan fingerprint density at radius 3 is 2.55 bits per heavy atom. The quantitative estimate of drug-likeness (QED) is 0.528. The highest BCUT2D eigenvalue weighted by molar-refractivity contribution is 9.10. The van der Waals surface area contributed by atoms with E-state index >= 15 is 0 Å². The van der Waals surface area contributed by atoms with Gasteiger partial charge in [-0.2, -0.15) is 4.31 Å². The first-order valence-electron chi connectivity index (χ1n) is 11.3. The van der Waals surface area contributed by atoms with Gasteiger partial charge in [0.15, 0.2) is 0 Å². The number of carbonyl (C=O) groups is 1. The maximum atomic E-state index is 13.6. The van der Waals surface area contributed by atoms with Crippen molar-refractivity contribution in [3.05, 3.63) is 58.1 Å². The average molecular weight is 536 g/mol. The van der Waals surface area contributed by atoms with Crippen LogP contribution < -0.4 is 5.32 Å². The molecule has 1 N–H and O–H groups in total. The van der Waals surface area contributed by atoms with Crippen LogP contribution in [0.25, 0.3) is 0 Å². The molecule has 178 valence electrons. The van der Waals surface area contributed by atoms with E-state index in [1.807, 2.05) is 58.0 Å². The number of hydrogen-bond acceptors (Lipinski definition) is 5. The van der Waals surface area contributed by atoms with E-state index in [9.17, 15) is 13.2 Å². The molecule has 2 aliphatic heterocycles. The van der Waals surface area contributed by atoms with Gasteiger partial charge in [-0.25, -0.2) is 8.42 Å².